The van der Waals surface area contributed by atoms with Crippen molar-refractivity contribution in [3.8, 4) is 0 Å². The van der Waals surface area contributed by atoms with Crippen LogP contribution in [0.3, 0.4) is 0 Å². The van der Waals surface area contributed by atoms with Crippen molar-refractivity contribution in [2.75, 3.05) is 6.61 Å². The molecule has 0 aliphatic carbocycles. The highest BCUT2D eigenvalue weighted by Gasteiger charge is 2.20. The molecule has 0 heterocycles. The van der Waals surface area contributed by atoms with Crippen LogP contribution in [0.4, 0.5) is 0 Å². The summed E-state index contributed by atoms with van der Waals surface area (Å²) in [6, 6.07) is -0.762. The van der Waals surface area contributed by atoms with E-state index in [1.165, 1.54) is 154 Å². The highest BCUT2D eigenvalue weighted by molar-refractivity contribution is 5.76. The minimum absolute atomic E-state index is 0.00161. The fourth-order valence-corrected chi connectivity index (χ4v) is 6.62. The van der Waals surface area contributed by atoms with Crippen LogP contribution >= 0.6 is 0 Å². The molecule has 0 radical (unpaired) electrons. The van der Waals surface area contributed by atoms with Crippen LogP contribution < -0.4 is 5.32 Å². The van der Waals surface area contributed by atoms with Crippen molar-refractivity contribution < 1.29 is 20.1 Å². The van der Waals surface area contributed by atoms with Gasteiger partial charge in [0.05, 0.1) is 31.3 Å². The zero-order valence-electron chi connectivity index (χ0n) is 34.4. The molecule has 3 atom stereocenters. The molecule has 3 unspecified atom stereocenters. The third-order valence-electron chi connectivity index (χ3n) is 10.1. The second kappa shape index (κ2) is 42.1. The molecule has 0 aliphatic rings. The summed E-state index contributed by atoms with van der Waals surface area (Å²) in [6.45, 7) is 4.18. The summed E-state index contributed by atoms with van der Waals surface area (Å²) in [5, 5.41) is 33.1. The molecule has 0 saturated carbocycles. The molecule has 52 heavy (non-hydrogen) atoms. The van der Waals surface area contributed by atoms with E-state index in [1.807, 2.05) is 6.08 Å². The van der Waals surface area contributed by atoms with Crippen LogP contribution in [0.2, 0.25) is 0 Å². The number of aliphatic hydroxyl groups is 3. The van der Waals surface area contributed by atoms with Gasteiger partial charge in [0.15, 0.2) is 0 Å². The average molecular weight is 730 g/mol. The third-order valence-corrected chi connectivity index (χ3v) is 10.1. The lowest BCUT2D eigenvalue weighted by Crippen LogP contribution is -2.45. The van der Waals surface area contributed by atoms with Crippen LogP contribution in [0, 0.1) is 0 Å². The maximum atomic E-state index is 12.4. The first-order valence-electron chi connectivity index (χ1n) is 22.4. The van der Waals surface area contributed by atoms with Crippen molar-refractivity contribution in [3.63, 3.8) is 0 Å². The second-order valence-electron chi connectivity index (χ2n) is 15.3. The van der Waals surface area contributed by atoms with Crippen LogP contribution in [0.25, 0.3) is 0 Å². The Morgan fingerprint density at radius 3 is 1.35 bits per heavy atom. The average Bonchev–Trinajstić information content (AvgIpc) is 3.14. The summed E-state index contributed by atoms with van der Waals surface area (Å²) < 4.78 is 0. The number of carbonyl (C=O) groups is 1. The fourth-order valence-electron chi connectivity index (χ4n) is 6.62. The smallest absolute Gasteiger partial charge is 0.222 e. The Bertz CT molecular complexity index is 850. The SMILES string of the molecule is CCCCCCCC/C=C/CC/C=C/C(O)C(CO)NC(=O)CC(O)CCCCCCCCCCC/C=C\C/C=C\CCCCCCCCCCC. The second-order valence-corrected chi connectivity index (χ2v) is 15.3. The first-order chi connectivity index (χ1) is 25.5. The highest BCUT2D eigenvalue weighted by atomic mass is 16.3. The van der Waals surface area contributed by atoms with Crippen molar-refractivity contribution in [1.82, 2.24) is 5.32 Å². The molecule has 5 nitrogen and oxygen atoms in total. The number of allylic oxidation sites excluding steroid dienone is 7. The van der Waals surface area contributed by atoms with E-state index in [9.17, 15) is 20.1 Å². The molecule has 0 bridgehead atoms. The molecule has 0 saturated heterocycles. The van der Waals surface area contributed by atoms with Gasteiger partial charge in [-0.1, -0.05) is 197 Å². The molecule has 0 aromatic carbocycles. The summed E-state index contributed by atoms with van der Waals surface area (Å²) >= 11 is 0. The largest absolute Gasteiger partial charge is 0.394 e. The van der Waals surface area contributed by atoms with Crippen LogP contribution in [0.1, 0.15) is 219 Å². The van der Waals surface area contributed by atoms with Crippen molar-refractivity contribution in [3.05, 3.63) is 48.6 Å². The van der Waals surface area contributed by atoms with Crippen LogP contribution in [0.15, 0.2) is 48.6 Å². The molecule has 5 heteroatoms. The van der Waals surface area contributed by atoms with E-state index in [2.05, 4.69) is 55.6 Å². The monoisotopic (exact) mass is 730 g/mol. The van der Waals surface area contributed by atoms with Gasteiger partial charge in [-0.05, 0) is 64.2 Å². The van der Waals surface area contributed by atoms with Gasteiger partial charge in [0.25, 0.3) is 0 Å². The molecule has 0 aromatic rings. The highest BCUT2D eigenvalue weighted by Crippen LogP contribution is 2.14. The summed E-state index contributed by atoms with van der Waals surface area (Å²) in [6.07, 6.45) is 54.0. The van der Waals surface area contributed by atoms with Gasteiger partial charge in [-0.25, -0.2) is 0 Å². The zero-order valence-corrected chi connectivity index (χ0v) is 34.4. The lowest BCUT2D eigenvalue weighted by Gasteiger charge is -2.21. The molecule has 0 fully saturated rings. The quantitative estimate of drug-likeness (QED) is 0.0373. The molecule has 0 aromatic heterocycles. The molecule has 1 amide bonds. The van der Waals surface area contributed by atoms with E-state index in [0.717, 1.165) is 38.5 Å². The van der Waals surface area contributed by atoms with E-state index in [4.69, 9.17) is 0 Å². The maximum absolute atomic E-state index is 12.4. The molecule has 4 N–H and O–H groups in total. The van der Waals surface area contributed by atoms with Gasteiger partial charge < -0.3 is 20.6 Å². The number of hydrogen-bond acceptors (Lipinski definition) is 4. The predicted molar refractivity (Wildman–Crippen MR) is 227 cm³/mol. The summed E-state index contributed by atoms with van der Waals surface area (Å²) in [5.74, 6) is -0.330. The Hall–Kier alpha value is -1.69. The first-order valence-corrected chi connectivity index (χ1v) is 22.4. The van der Waals surface area contributed by atoms with E-state index in [1.54, 1.807) is 6.08 Å². The Labute approximate surface area is 323 Å². The van der Waals surface area contributed by atoms with Gasteiger partial charge in [-0.3, -0.25) is 4.79 Å². The number of hydrogen-bond donors (Lipinski definition) is 4. The van der Waals surface area contributed by atoms with Gasteiger partial charge in [0, 0.05) is 0 Å². The lowest BCUT2D eigenvalue weighted by molar-refractivity contribution is -0.124. The standard InChI is InChI=1S/C47H87NO4/c1-3-5-7-9-11-13-15-17-18-19-20-21-22-23-24-25-26-27-28-29-30-32-34-36-38-40-44(50)42-47(52)48-45(43-49)46(51)41-39-37-35-33-31-16-14-12-10-8-6-4-2/h20-21,23-24,31,33,39,41,44-46,49-51H,3-19,22,25-30,32,34-38,40,42-43H2,1-2H3,(H,48,52)/b21-20-,24-23-,33-31+,41-39+. The van der Waals surface area contributed by atoms with Crippen LogP contribution in [0.5, 0.6) is 0 Å². The van der Waals surface area contributed by atoms with Gasteiger partial charge in [-0.2, -0.15) is 0 Å². The topological polar surface area (TPSA) is 89.8 Å². The molecule has 0 aliphatic heterocycles. The normalized spacial score (nSPS) is 14.0. The summed E-state index contributed by atoms with van der Waals surface area (Å²) in [5.41, 5.74) is 0. The number of amides is 1. The predicted octanol–water partition coefficient (Wildman–Crippen LogP) is 12.9. The molecule has 0 rings (SSSR count). The van der Waals surface area contributed by atoms with Crippen molar-refractivity contribution in [2.24, 2.45) is 0 Å². The van der Waals surface area contributed by atoms with Crippen molar-refractivity contribution in [1.29, 1.82) is 0 Å². The Kier molecular flexibility index (Phi) is 40.7. The van der Waals surface area contributed by atoms with E-state index >= 15 is 0 Å². The molecular formula is C47H87NO4. The number of rotatable bonds is 40. The lowest BCUT2D eigenvalue weighted by atomic mass is 10.0. The van der Waals surface area contributed by atoms with E-state index < -0.39 is 18.2 Å². The summed E-state index contributed by atoms with van der Waals surface area (Å²) in [7, 11) is 0. The first kappa shape index (κ1) is 50.3. The minimum Gasteiger partial charge on any atom is -0.394 e. The van der Waals surface area contributed by atoms with E-state index in [-0.39, 0.29) is 18.9 Å². The molecular weight excluding hydrogens is 643 g/mol. The van der Waals surface area contributed by atoms with E-state index in [0.29, 0.717) is 6.42 Å². The van der Waals surface area contributed by atoms with Gasteiger partial charge in [-0.15, -0.1) is 0 Å². The molecule has 0 spiro atoms. The van der Waals surface area contributed by atoms with Crippen LogP contribution in [-0.2, 0) is 4.79 Å². The van der Waals surface area contributed by atoms with Gasteiger partial charge >= 0.3 is 0 Å². The molecule has 304 valence electrons. The Morgan fingerprint density at radius 2 is 0.885 bits per heavy atom. The number of unbranched alkanes of at least 4 members (excludes halogenated alkanes) is 25. The summed E-state index contributed by atoms with van der Waals surface area (Å²) in [4.78, 5) is 12.4. The third kappa shape index (κ3) is 38.0. The Morgan fingerprint density at radius 1 is 0.500 bits per heavy atom. The van der Waals surface area contributed by atoms with Gasteiger partial charge in [0.2, 0.25) is 5.91 Å². The number of nitrogens with one attached hydrogen (secondary N) is 1. The number of aliphatic hydroxyl groups excluding tert-OH is 3. The van der Waals surface area contributed by atoms with Crippen molar-refractivity contribution >= 4 is 5.91 Å². The van der Waals surface area contributed by atoms with Gasteiger partial charge in [0.1, 0.15) is 0 Å². The Balaban J connectivity index is 3.65. The zero-order chi connectivity index (χ0) is 38.0. The van der Waals surface area contributed by atoms with Crippen molar-refractivity contribution in [2.45, 2.75) is 238 Å². The maximum Gasteiger partial charge on any atom is 0.222 e. The minimum atomic E-state index is -0.952. The van der Waals surface area contributed by atoms with Crippen LogP contribution in [-0.4, -0.2) is 46.1 Å². The number of carbonyl (C=O) groups excluding carboxylic acids is 1. The fraction of sp³-hybridized carbons (Fsp3) is 0.809.